The first kappa shape index (κ1) is 12.1. The lowest BCUT2D eigenvalue weighted by Crippen LogP contribution is -2.32. The van der Waals surface area contributed by atoms with Gasteiger partial charge in [-0.15, -0.1) is 5.10 Å². The number of rotatable bonds is 4. The molecule has 2 aromatic rings. The molecule has 94 valence electrons. The molecule has 0 saturated carbocycles. The summed E-state index contributed by atoms with van der Waals surface area (Å²) in [6, 6.07) is 6.09. The van der Waals surface area contributed by atoms with Crippen LogP contribution in [0, 0.1) is 0 Å². The number of carbonyl (C=O) groups excluding carboxylic acids is 1. The fourth-order valence-corrected chi connectivity index (χ4v) is 1.30. The normalized spacial score (nSPS) is 11.8. The van der Waals surface area contributed by atoms with E-state index in [2.05, 4.69) is 20.8 Å². The van der Waals surface area contributed by atoms with Crippen LogP contribution < -0.4 is 10.6 Å². The van der Waals surface area contributed by atoms with Gasteiger partial charge in [0.05, 0.1) is 12.8 Å². The maximum atomic E-state index is 11.5. The number of nitrogens with one attached hydrogen (secondary N) is 2. The average Bonchev–Trinajstić information content (AvgIpc) is 2.91. The van der Waals surface area contributed by atoms with Crippen LogP contribution in [0.25, 0.3) is 0 Å². The van der Waals surface area contributed by atoms with E-state index in [0.717, 1.165) is 0 Å². The van der Waals surface area contributed by atoms with Gasteiger partial charge in [0.1, 0.15) is 11.9 Å². The van der Waals surface area contributed by atoms with Gasteiger partial charge in [-0.05, 0) is 24.3 Å². The summed E-state index contributed by atoms with van der Waals surface area (Å²) in [7, 11) is 0. The van der Waals surface area contributed by atoms with Crippen LogP contribution >= 0.6 is 0 Å². The molecule has 0 radical (unpaired) electrons. The molecule has 18 heavy (non-hydrogen) atoms. The number of aromatic nitrogens is 2. The summed E-state index contributed by atoms with van der Waals surface area (Å²) in [6.07, 6.45) is 2.08. The summed E-state index contributed by atoms with van der Waals surface area (Å²) in [4.78, 5) is 11.5. The largest absolute Gasteiger partial charge is 0.467 e. The first-order valence-corrected chi connectivity index (χ1v) is 5.30. The van der Waals surface area contributed by atoms with Gasteiger partial charge in [-0.2, -0.15) is 5.10 Å². The molecule has 0 bridgehead atoms. The monoisotopic (exact) mass is 248 g/mol. The van der Waals surface area contributed by atoms with Crippen molar-refractivity contribution in [3.63, 3.8) is 0 Å². The van der Waals surface area contributed by atoms with Crippen molar-refractivity contribution < 1.29 is 14.3 Å². The molecule has 2 rings (SSSR count). The Morgan fingerprint density at radius 2 is 2.33 bits per heavy atom. The van der Waals surface area contributed by atoms with Crippen molar-refractivity contribution in [1.29, 1.82) is 0 Å². The number of nitrogens with zero attached hydrogens (tertiary/aromatic N) is 2. The molecule has 0 aliphatic rings. The second kappa shape index (κ2) is 5.78. The third-order valence-electron chi connectivity index (χ3n) is 2.14. The second-order valence-electron chi connectivity index (χ2n) is 3.48. The highest BCUT2D eigenvalue weighted by atomic mass is 16.4. The Kier molecular flexibility index (Phi) is 3.87. The predicted molar refractivity (Wildman–Crippen MR) is 62.7 cm³/mol. The van der Waals surface area contributed by atoms with Crippen LogP contribution in [0.15, 0.2) is 41.1 Å². The Balaban J connectivity index is 1.79. The van der Waals surface area contributed by atoms with E-state index in [1.807, 2.05) is 0 Å². The standard InChI is InChI=1S/C11H12N4O3/c16-8(9-3-2-6-18-9)7-12-11(17)14-10-4-1-5-13-15-10/h1-6,8,16H,7H2,(H2,12,14,15,17). The fourth-order valence-electron chi connectivity index (χ4n) is 1.30. The summed E-state index contributed by atoms with van der Waals surface area (Å²) in [5.41, 5.74) is 0. The minimum atomic E-state index is -0.882. The number of aliphatic hydroxyl groups is 1. The van der Waals surface area contributed by atoms with Crippen molar-refractivity contribution in [2.45, 2.75) is 6.10 Å². The van der Waals surface area contributed by atoms with Crippen molar-refractivity contribution in [1.82, 2.24) is 15.5 Å². The van der Waals surface area contributed by atoms with Gasteiger partial charge in [-0.25, -0.2) is 4.79 Å². The van der Waals surface area contributed by atoms with Gasteiger partial charge < -0.3 is 14.8 Å². The Morgan fingerprint density at radius 1 is 1.44 bits per heavy atom. The molecule has 0 aliphatic heterocycles. The lowest BCUT2D eigenvalue weighted by atomic mass is 10.3. The number of aliphatic hydroxyl groups excluding tert-OH is 1. The summed E-state index contributed by atoms with van der Waals surface area (Å²) < 4.78 is 5.00. The number of furan rings is 1. The molecular formula is C11H12N4O3. The first-order valence-electron chi connectivity index (χ1n) is 5.30. The van der Waals surface area contributed by atoms with E-state index in [1.165, 1.54) is 12.5 Å². The number of anilines is 1. The zero-order valence-electron chi connectivity index (χ0n) is 9.41. The molecule has 7 heteroatoms. The summed E-state index contributed by atoms with van der Waals surface area (Å²) in [5, 5.41) is 21.9. The van der Waals surface area contributed by atoms with Crippen molar-refractivity contribution in [3.8, 4) is 0 Å². The Morgan fingerprint density at radius 3 is 3.00 bits per heavy atom. The van der Waals surface area contributed by atoms with Gasteiger partial charge >= 0.3 is 6.03 Å². The fraction of sp³-hybridized carbons (Fsp3) is 0.182. The quantitative estimate of drug-likeness (QED) is 0.747. The minimum Gasteiger partial charge on any atom is -0.467 e. The first-order chi connectivity index (χ1) is 8.75. The van der Waals surface area contributed by atoms with Crippen LogP contribution in [0.3, 0.4) is 0 Å². The molecule has 0 saturated heterocycles. The van der Waals surface area contributed by atoms with Gasteiger partial charge in [0.2, 0.25) is 0 Å². The molecular weight excluding hydrogens is 236 g/mol. The molecule has 0 spiro atoms. The Hall–Kier alpha value is -2.41. The number of amides is 2. The highest BCUT2D eigenvalue weighted by Gasteiger charge is 2.11. The topological polar surface area (TPSA) is 100 Å². The van der Waals surface area contributed by atoms with Crippen LogP contribution in [-0.4, -0.2) is 27.9 Å². The molecule has 0 aliphatic carbocycles. The van der Waals surface area contributed by atoms with Crippen molar-refractivity contribution in [2.75, 3.05) is 11.9 Å². The Bertz CT molecular complexity index is 486. The van der Waals surface area contributed by atoms with Crippen LogP contribution in [0.4, 0.5) is 10.6 Å². The van der Waals surface area contributed by atoms with Crippen LogP contribution in [-0.2, 0) is 0 Å². The number of carbonyl (C=O) groups is 1. The van der Waals surface area contributed by atoms with Gasteiger partial charge in [-0.3, -0.25) is 5.32 Å². The number of hydrogen-bond donors (Lipinski definition) is 3. The highest BCUT2D eigenvalue weighted by molar-refractivity contribution is 5.88. The van der Waals surface area contributed by atoms with Crippen LogP contribution in [0.2, 0.25) is 0 Å². The third-order valence-corrected chi connectivity index (χ3v) is 2.14. The third kappa shape index (κ3) is 3.29. The molecule has 3 N–H and O–H groups in total. The van der Waals surface area contributed by atoms with E-state index < -0.39 is 12.1 Å². The maximum absolute atomic E-state index is 11.5. The Labute approximate surface area is 103 Å². The van der Waals surface area contributed by atoms with E-state index in [1.54, 1.807) is 24.3 Å². The number of urea groups is 1. The van der Waals surface area contributed by atoms with Gasteiger partial charge in [0.15, 0.2) is 5.82 Å². The lowest BCUT2D eigenvalue weighted by molar-refractivity contribution is 0.149. The van der Waals surface area contributed by atoms with Crippen molar-refractivity contribution in [3.05, 3.63) is 42.5 Å². The zero-order valence-corrected chi connectivity index (χ0v) is 9.41. The van der Waals surface area contributed by atoms with Gasteiger partial charge in [0, 0.05) is 6.20 Å². The average molecular weight is 248 g/mol. The predicted octanol–water partition coefficient (Wildman–Crippen LogP) is 0.925. The molecule has 1 atom stereocenters. The van der Waals surface area contributed by atoms with E-state index in [4.69, 9.17) is 4.42 Å². The molecule has 7 nitrogen and oxygen atoms in total. The smallest absolute Gasteiger partial charge is 0.320 e. The molecule has 1 unspecified atom stereocenters. The molecule has 2 amide bonds. The minimum absolute atomic E-state index is 0.0413. The molecule has 0 fully saturated rings. The zero-order chi connectivity index (χ0) is 12.8. The second-order valence-corrected chi connectivity index (χ2v) is 3.48. The maximum Gasteiger partial charge on any atom is 0.320 e. The lowest BCUT2D eigenvalue weighted by Gasteiger charge is -2.09. The molecule has 2 heterocycles. The summed E-state index contributed by atoms with van der Waals surface area (Å²) >= 11 is 0. The van der Waals surface area contributed by atoms with Crippen LogP contribution in [0.5, 0.6) is 0 Å². The van der Waals surface area contributed by atoms with E-state index in [9.17, 15) is 9.90 Å². The summed E-state index contributed by atoms with van der Waals surface area (Å²) in [6.45, 7) is 0.0413. The van der Waals surface area contributed by atoms with Gasteiger partial charge in [-0.1, -0.05) is 0 Å². The SMILES string of the molecule is O=C(NCC(O)c1ccco1)Nc1cccnn1. The molecule has 2 aromatic heterocycles. The highest BCUT2D eigenvalue weighted by Crippen LogP contribution is 2.11. The van der Waals surface area contributed by atoms with Gasteiger partial charge in [0.25, 0.3) is 0 Å². The van der Waals surface area contributed by atoms with E-state index in [0.29, 0.717) is 11.6 Å². The molecule has 0 aromatic carbocycles. The van der Waals surface area contributed by atoms with Crippen LogP contribution in [0.1, 0.15) is 11.9 Å². The van der Waals surface area contributed by atoms with Crippen molar-refractivity contribution in [2.24, 2.45) is 0 Å². The van der Waals surface area contributed by atoms with Crippen molar-refractivity contribution >= 4 is 11.8 Å². The summed E-state index contributed by atoms with van der Waals surface area (Å²) in [5.74, 6) is 0.734. The van der Waals surface area contributed by atoms with E-state index in [-0.39, 0.29) is 6.54 Å². The van der Waals surface area contributed by atoms with E-state index >= 15 is 0 Å². The number of hydrogen-bond acceptors (Lipinski definition) is 5.